The van der Waals surface area contributed by atoms with Crippen molar-refractivity contribution in [3.63, 3.8) is 0 Å². The average Bonchev–Trinajstić information content (AvgIpc) is 2.65. The molecule has 6 heteroatoms. The molecule has 0 aliphatic carbocycles. The average molecular weight is 466 g/mol. The summed E-state index contributed by atoms with van der Waals surface area (Å²) in [6.45, 7) is 3.88. The van der Waals surface area contributed by atoms with Crippen molar-refractivity contribution in [1.82, 2.24) is 16.0 Å². The first kappa shape index (κ1) is 22.0. The van der Waals surface area contributed by atoms with Gasteiger partial charge >= 0.3 is 0 Å². The first-order valence-corrected chi connectivity index (χ1v) is 8.48. The van der Waals surface area contributed by atoms with Gasteiger partial charge in [-0.05, 0) is 23.6 Å². The van der Waals surface area contributed by atoms with Crippen LogP contribution in [0.25, 0.3) is 0 Å². The largest absolute Gasteiger partial charge is 0.356 e. The van der Waals surface area contributed by atoms with Crippen LogP contribution in [0.1, 0.15) is 23.1 Å². The third-order valence-electron chi connectivity index (χ3n) is 3.91. The topological polar surface area (TPSA) is 65.5 Å². The fraction of sp³-hybridized carbons (Fsp3) is 0.300. The zero-order valence-electron chi connectivity index (χ0n) is 15.3. The lowest BCUT2D eigenvalue weighted by molar-refractivity contribution is -0.121. The molecule has 0 saturated heterocycles. The number of carbonyl (C=O) groups is 1. The molecule has 0 radical (unpaired) electrons. The van der Waals surface area contributed by atoms with Gasteiger partial charge in [0.15, 0.2) is 5.96 Å². The smallest absolute Gasteiger partial charge is 0.222 e. The summed E-state index contributed by atoms with van der Waals surface area (Å²) in [5, 5.41) is 9.35. The van der Waals surface area contributed by atoms with Crippen molar-refractivity contribution in [1.29, 1.82) is 0 Å². The van der Waals surface area contributed by atoms with Crippen LogP contribution in [0.15, 0.2) is 59.6 Å². The molecule has 0 bridgehead atoms. The number of rotatable bonds is 7. The molecule has 2 aromatic rings. The molecule has 5 nitrogen and oxygen atoms in total. The first-order valence-electron chi connectivity index (χ1n) is 8.48. The van der Waals surface area contributed by atoms with Crippen molar-refractivity contribution >= 4 is 35.8 Å². The Morgan fingerprint density at radius 2 is 1.62 bits per heavy atom. The Kier molecular flexibility index (Phi) is 10.4. The van der Waals surface area contributed by atoms with Gasteiger partial charge in [-0.3, -0.25) is 9.79 Å². The molecule has 1 amide bonds. The monoisotopic (exact) mass is 466 g/mol. The number of guanidine groups is 1. The third-order valence-corrected chi connectivity index (χ3v) is 3.91. The number of halogens is 1. The highest BCUT2D eigenvalue weighted by Gasteiger charge is 2.03. The highest BCUT2D eigenvalue weighted by Crippen LogP contribution is 2.05. The quantitative estimate of drug-likeness (QED) is 0.334. The van der Waals surface area contributed by atoms with Crippen LogP contribution in [0.2, 0.25) is 0 Å². The molecule has 0 aliphatic heterocycles. The molecule has 3 N–H and O–H groups in total. The second-order valence-electron chi connectivity index (χ2n) is 5.79. The summed E-state index contributed by atoms with van der Waals surface area (Å²) in [7, 11) is 1.72. The zero-order chi connectivity index (χ0) is 17.9. The van der Waals surface area contributed by atoms with E-state index < -0.39 is 0 Å². The van der Waals surface area contributed by atoms with Crippen LogP contribution in [-0.2, 0) is 17.9 Å². The molecule has 2 aromatic carbocycles. The summed E-state index contributed by atoms with van der Waals surface area (Å²) in [6.07, 6.45) is 0.401. The van der Waals surface area contributed by atoms with Gasteiger partial charge in [0.25, 0.3) is 0 Å². The Balaban J connectivity index is 0.00000338. The van der Waals surface area contributed by atoms with E-state index in [0.29, 0.717) is 32.0 Å². The summed E-state index contributed by atoms with van der Waals surface area (Å²) < 4.78 is 0. The van der Waals surface area contributed by atoms with E-state index >= 15 is 0 Å². The summed E-state index contributed by atoms with van der Waals surface area (Å²) in [5.41, 5.74) is 3.57. The lowest BCUT2D eigenvalue weighted by Crippen LogP contribution is -2.39. The Labute approximate surface area is 172 Å². The van der Waals surface area contributed by atoms with Gasteiger partial charge < -0.3 is 16.0 Å². The maximum atomic E-state index is 11.9. The Hall–Kier alpha value is -2.09. The Morgan fingerprint density at radius 3 is 2.31 bits per heavy atom. The maximum absolute atomic E-state index is 11.9. The van der Waals surface area contributed by atoms with Crippen molar-refractivity contribution in [2.24, 2.45) is 4.99 Å². The molecule has 0 aliphatic rings. The van der Waals surface area contributed by atoms with Crippen LogP contribution in [0.5, 0.6) is 0 Å². The minimum absolute atomic E-state index is 0. The number of aryl methyl sites for hydroxylation is 1. The fourth-order valence-corrected chi connectivity index (χ4v) is 2.39. The van der Waals surface area contributed by atoms with Gasteiger partial charge in [0.2, 0.25) is 5.91 Å². The van der Waals surface area contributed by atoms with E-state index in [1.807, 2.05) is 42.5 Å². The van der Waals surface area contributed by atoms with Crippen LogP contribution in [0.3, 0.4) is 0 Å². The molecule has 0 heterocycles. The number of nitrogens with zero attached hydrogens (tertiary/aromatic N) is 1. The molecule has 0 aromatic heterocycles. The van der Waals surface area contributed by atoms with Gasteiger partial charge in [-0.15, -0.1) is 24.0 Å². The second-order valence-corrected chi connectivity index (χ2v) is 5.79. The highest BCUT2D eigenvalue weighted by atomic mass is 127. The van der Waals surface area contributed by atoms with E-state index in [-0.39, 0.29) is 29.9 Å². The summed E-state index contributed by atoms with van der Waals surface area (Å²) >= 11 is 0. The van der Waals surface area contributed by atoms with Crippen molar-refractivity contribution in [3.8, 4) is 0 Å². The molecule has 0 saturated carbocycles. The highest BCUT2D eigenvalue weighted by molar-refractivity contribution is 14.0. The molecular weight excluding hydrogens is 439 g/mol. The molecule has 0 spiro atoms. The number of aliphatic imine (C=N–C) groups is 1. The molecule has 26 heavy (non-hydrogen) atoms. The zero-order valence-corrected chi connectivity index (χ0v) is 17.6. The van der Waals surface area contributed by atoms with E-state index in [9.17, 15) is 4.79 Å². The summed E-state index contributed by atoms with van der Waals surface area (Å²) in [4.78, 5) is 16.1. The maximum Gasteiger partial charge on any atom is 0.222 e. The molecular formula is C20H27IN4O. The van der Waals surface area contributed by atoms with Gasteiger partial charge in [0.05, 0.1) is 0 Å². The third kappa shape index (κ3) is 7.86. The molecule has 2 rings (SSSR count). The van der Waals surface area contributed by atoms with E-state index in [2.05, 4.69) is 40.0 Å². The second kappa shape index (κ2) is 12.3. The van der Waals surface area contributed by atoms with Gasteiger partial charge in [0.1, 0.15) is 0 Å². The predicted octanol–water partition coefficient (Wildman–Crippen LogP) is 2.98. The summed E-state index contributed by atoms with van der Waals surface area (Å²) in [5.74, 6) is 0.713. The number of carbonyl (C=O) groups excluding carboxylic acids is 1. The lowest BCUT2D eigenvalue weighted by atomic mass is 10.1. The van der Waals surface area contributed by atoms with Gasteiger partial charge in [-0.2, -0.15) is 0 Å². The number of nitrogens with one attached hydrogen (secondary N) is 3. The van der Waals surface area contributed by atoms with E-state index in [0.717, 1.165) is 5.56 Å². The SMILES string of the molecule is CN=C(NCCC(=O)NCc1ccccc1)NCc1ccccc1C.I. The molecule has 0 unspecified atom stereocenters. The van der Waals surface area contributed by atoms with Crippen LogP contribution in [0, 0.1) is 6.92 Å². The standard InChI is InChI=1S/C20H26N4O.HI/c1-16-8-6-7-11-18(16)15-24-20(21-2)22-13-12-19(25)23-14-17-9-4-3-5-10-17;/h3-11H,12-15H2,1-2H3,(H,23,25)(H2,21,22,24);1H. The fourth-order valence-electron chi connectivity index (χ4n) is 2.39. The lowest BCUT2D eigenvalue weighted by Gasteiger charge is -2.13. The predicted molar refractivity (Wildman–Crippen MR) is 118 cm³/mol. The number of hydrogen-bond acceptors (Lipinski definition) is 2. The minimum atomic E-state index is 0. The Morgan fingerprint density at radius 1 is 0.923 bits per heavy atom. The molecule has 140 valence electrons. The number of hydrogen-bond donors (Lipinski definition) is 3. The Bertz CT molecular complexity index is 704. The summed E-state index contributed by atoms with van der Waals surface area (Å²) in [6, 6.07) is 18.1. The van der Waals surface area contributed by atoms with Crippen LogP contribution >= 0.6 is 24.0 Å². The number of benzene rings is 2. The van der Waals surface area contributed by atoms with Crippen LogP contribution < -0.4 is 16.0 Å². The normalized spacial score (nSPS) is 10.6. The van der Waals surface area contributed by atoms with Gasteiger partial charge in [-0.1, -0.05) is 54.6 Å². The van der Waals surface area contributed by atoms with Gasteiger partial charge in [0, 0.05) is 33.1 Å². The van der Waals surface area contributed by atoms with Crippen molar-refractivity contribution in [3.05, 3.63) is 71.3 Å². The van der Waals surface area contributed by atoms with Crippen LogP contribution in [0.4, 0.5) is 0 Å². The van der Waals surface area contributed by atoms with E-state index in [1.54, 1.807) is 7.05 Å². The molecule has 0 fully saturated rings. The van der Waals surface area contributed by atoms with E-state index in [4.69, 9.17) is 0 Å². The van der Waals surface area contributed by atoms with Crippen molar-refractivity contribution in [2.75, 3.05) is 13.6 Å². The van der Waals surface area contributed by atoms with Gasteiger partial charge in [-0.25, -0.2) is 0 Å². The van der Waals surface area contributed by atoms with E-state index in [1.165, 1.54) is 11.1 Å². The minimum Gasteiger partial charge on any atom is -0.356 e. The van der Waals surface area contributed by atoms with Crippen LogP contribution in [-0.4, -0.2) is 25.5 Å². The first-order chi connectivity index (χ1) is 12.2. The van der Waals surface area contributed by atoms with Crippen molar-refractivity contribution < 1.29 is 4.79 Å². The number of amides is 1. The molecule has 0 atom stereocenters. The van der Waals surface area contributed by atoms with Crippen molar-refractivity contribution in [2.45, 2.75) is 26.4 Å².